The Hall–Kier alpha value is -9.12. The maximum absolute atomic E-state index is 13.7. The molecule has 696 valence electrons. The first-order chi connectivity index (χ1) is 62.4. The predicted molar refractivity (Wildman–Crippen MR) is 532 cm³/mol. The van der Waals surface area contributed by atoms with Gasteiger partial charge in [0.15, 0.2) is 30.9 Å². The van der Waals surface area contributed by atoms with Gasteiger partial charge in [0.25, 0.3) is 11.1 Å². The number of aromatic amines is 2. The van der Waals surface area contributed by atoms with E-state index in [4.69, 9.17) is 75.3 Å². The highest BCUT2D eigenvalue weighted by molar-refractivity contribution is 7.99. The van der Waals surface area contributed by atoms with Crippen LogP contribution in [0.4, 0.5) is 29.1 Å². The van der Waals surface area contributed by atoms with Crippen LogP contribution in [0.15, 0.2) is 199 Å². The molecule has 13 heterocycles. The molecule has 0 saturated heterocycles. The Kier molecular flexibility index (Phi) is 46.3. The second-order valence-corrected chi connectivity index (χ2v) is 37.4. The van der Waals surface area contributed by atoms with Gasteiger partial charge >= 0.3 is 6.18 Å². The minimum Gasteiger partial charge on any atom is -0.399 e. The third-order valence-electron chi connectivity index (χ3n) is 17.3. The molecule has 0 saturated carbocycles. The highest BCUT2D eigenvalue weighted by Gasteiger charge is 2.33. The van der Waals surface area contributed by atoms with E-state index in [1.54, 1.807) is 92.3 Å². The second-order valence-electron chi connectivity index (χ2n) is 28.2. The Bertz CT molecular complexity index is 6180. The van der Waals surface area contributed by atoms with Crippen molar-refractivity contribution in [1.82, 2.24) is 99.5 Å². The van der Waals surface area contributed by atoms with E-state index in [-0.39, 0.29) is 46.6 Å². The van der Waals surface area contributed by atoms with Crippen LogP contribution in [0.2, 0.25) is 30.1 Å². The smallest absolute Gasteiger partial charge is 0.399 e. The number of rotatable bonds is 25. The number of H-pyrrole nitrogens is 2. The molecular weight excluding hydrogens is 1970 g/mol. The molecule has 0 aliphatic heterocycles. The normalized spacial score (nSPS) is 10.7. The van der Waals surface area contributed by atoms with Gasteiger partial charge in [-0.25, -0.2) is 54.2 Å². The molecule has 132 heavy (non-hydrogen) atoms. The van der Waals surface area contributed by atoms with Crippen molar-refractivity contribution in [3.05, 3.63) is 323 Å². The molecule has 0 unspecified atom stereocenters. The van der Waals surface area contributed by atoms with Gasteiger partial charge in [-0.1, -0.05) is 167 Å². The quantitative estimate of drug-likeness (QED) is 0.0179. The molecule has 43 heteroatoms. The van der Waals surface area contributed by atoms with Gasteiger partial charge in [-0.3, -0.25) is 49.0 Å². The van der Waals surface area contributed by atoms with Gasteiger partial charge in [0.2, 0.25) is 5.91 Å². The molecular formula is C89H93Cl7F4N22O3S7. The standard InChI is InChI=1S/C13H12Cl2N4OS.C13H12Cl2N2S.C13H12F3N3S.C13H14FN3OS.C13H18N4S.C13H15N3OS.C11H9Cl2N3S.ClH/c1-7-3-12(18-8(2)20)19-13(17-7)21-6-9-10(14)4-16-5-11(9)15;1-8-2-9(16)4-10(3-8)18-7-11-12(14)5-17-6-13(11)15;1-8-5-9(2)19-12(18-8)20-7-10-6-17-4-3-11(10)13(14,15)16;1-3-9-5-15-6-11(14)10(9)7-19-13-16-8(2)4-12(18)17-13;1-5-11-7-17(4)16-12(11)8-18-13-14-9(2)6-10(3)15-13;1-3-11-10(5-4-6-14-11)8-18-13-15-9(2)7-12(17)16-13;1-7-2-3-15-11(16-7)17-6-8-9(12)4-14-5-10(8)13;/h3-5H,6H2,1-2H3,(H,17,18,19,20);2-6H,7,16H2,1H3;3-6H,7H2,1-2H3;4-6H,3,7H2,1-2H3,(H,16,17,18);6-7H,5,8H2,1-4H3;4-7H,3,8H2,1-2H3,(H,15,16,17);2-5H,6H2,1H3;1H. The van der Waals surface area contributed by atoms with Gasteiger partial charge in [0.1, 0.15) is 11.6 Å². The van der Waals surface area contributed by atoms with Gasteiger partial charge in [0.05, 0.1) is 47.6 Å². The number of nitrogens with two attached hydrogens (primary N) is 1. The van der Waals surface area contributed by atoms with Crippen molar-refractivity contribution < 1.29 is 22.4 Å². The summed E-state index contributed by atoms with van der Waals surface area (Å²) in [6.45, 7) is 24.6. The molecule has 1 aromatic carbocycles. The predicted octanol–water partition coefficient (Wildman–Crippen LogP) is 23.8. The van der Waals surface area contributed by atoms with Crippen LogP contribution in [0.1, 0.15) is 140 Å². The van der Waals surface area contributed by atoms with Gasteiger partial charge in [-0.05, 0) is 158 Å². The van der Waals surface area contributed by atoms with E-state index in [0.29, 0.717) is 96.0 Å². The molecule has 25 nitrogen and oxygen atoms in total. The lowest BCUT2D eigenvalue weighted by Gasteiger charge is -2.11. The summed E-state index contributed by atoms with van der Waals surface area (Å²) in [6.07, 6.45) is 18.6. The third-order valence-corrected chi connectivity index (χ3v) is 25.6. The zero-order valence-electron chi connectivity index (χ0n) is 73.9. The Labute approximate surface area is 828 Å². The zero-order valence-corrected chi connectivity index (χ0v) is 85.0. The summed E-state index contributed by atoms with van der Waals surface area (Å²) in [5, 5.41) is 14.2. The van der Waals surface area contributed by atoms with Crippen molar-refractivity contribution in [3.8, 4) is 0 Å². The summed E-state index contributed by atoms with van der Waals surface area (Å²) >= 11 is 46.5. The zero-order chi connectivity index (χ0) is 95.4. The molecule has 5 N–H and O–H groups in total. The van der Waals surface area contributed by atoms with Crippen LogP contribution in [-0.4, -0.2) is 105 Å². The minimum atomic E-state index is -4.37. The molecule has 0 fully saturated rings. The molecule has 13 aromatic heterocycles. The number of anilines is 2. The van der Waals surface area contributed by atoms with Crippen LogP contribution in [0.3, 0.4) is 0 Å². The number of aromatic nitrogens is 20. The topological polar surface area (TPSA) is 345 Å². The van der Waals surface area contributed by atoms with Crippen molar-refractivity contribution in [2.75, 3.05) is 11.1 Å². The van der Waals surface area contributed by atoms with Crippen molar-refractivity contribution in [1.29, 1.82) is 0 Å². The molecule has 0 spiro atoms. The van der Waals surface area contributed by atoms with Crippen molar-refractivity contribution >= 4 is 182 Å². The highest BCUT2D eigenvalue weighted by Crippen LogP contribution is 2.37. The Balaban J connectivity index is 0.000000210. The number of hydrogen-bond donors (Lipinski definition) is 4. The third kappa shape index (κ3) is 38.0. The number of thioether (sulfide) groups is 7. The van der Waals surface area contributed by atoms with E-state index < -0.39 is 11.7 Å². The summed E-state index contributed by atoms with van der Waals surface area (Å²) in [4.78, 5) is 107. The summed E-state index contributed by atoms with van der Waals surface area (Å²) in [5.41, 5.74) is 22.4. The fraction of sp³-hybridized carbons (Fsp3) is 0.281. The maximum atomic E-state index is 13.7. The Morgan fingerprint density at radius 2 is 0.886 bits per heavy atom. The fourth-order valence-electron chi connectivity index (χ4n) is 11.4. The van der Waals surface area contributed by atoms with Gasteiger partial charge < -0.3 is 21.0 Å². The Morgan fingerprint density at radius 1 is 0.439 bits per heavy atom. The van der Waals surface area contributed by atoms with Crippen LogP contribution >= 0.6 is 164 Å². The van der Waals surface area contributed by atoms with Crippen molar-refractivity contribution in [3.63, 3.8) is 0 Å². The van der Waals surface area contributed by atoms with E-state index >= 15 is 0 Å². The fourth-order valence-corrected chi connectivity index (χ4v) is 20.1. The average molecular weight is 2070 g/mol. The molecule has 0 aliphatic carbocycles. The largest absolute Gasteiger partial charge is 0.416 e. The van der Waals surface area contributed by atoms with Crippen LogP contribution in [-0.2, 0) is 77.6 Å². The molecule has 14 rings (SSSR count). The molecule has 0 atom stereocenters. The van der Waals surface area contributed by atoms with Crippen molar-refractivity contribution in [2.45, 2.75) is 192 Å². The lowest BCUT2D eigenvalue weighted by molar-refractivity contribution is -0.138. The number of nitrogen functional groups attached to an aromatic ring is 1. The number of benzene rings is 1. The molecule has 1 amide bonds. The van der Waals surface area contributed by atoms with Gasteiger partial charge in [-0.2, -0.15) is 18.3 Å². The average Bonchev–Trinajstić information content (AvgIpc) is 1.17. The molecule has 0 radical (unpaired) electrons. The lowest BCUT2D eigenvalue weighted by Crippen LogP contribution is -2.09. The first kappa shape index (κ1) is 110. The summed E-state index contributed by atoms with van der Waals surface area (Å²) in [7, 11) is 1.96. The summed E-state index contributed by atoms with van der Waals surface area (Å²) < 4.78 is 54.1. The van der Waals surface area contributed by atoms with Crippen molar-refractivity contribution in [2.24, 2.45) is 7.05 Å². The number of hydrogen-bond acceptors (Lipinski definition) is 28. The van der Waals surface area contributed by atoms with E-state index in [9.17, 15) is 31.9 Å². The van der Waals surface area contributed by atoms with Crippen LogP contribution in [0, 0.1) is 68.1 Å². The monoisotopic (exact) mass is 2060 g/mol. The van der Waals surface area contributed by atoms with Gasteiger partial charge in [0, 0.05) is 231 Å². The molecule has 0 bridgehead atoms. The highest BCUT2D eigenvalue weighted by atomic mass is 35.5. The Morgan fingerprint density at radius 3 is 1.38 bits per heavy atom. The summed E-state index contributed by atoms with van der Waals surface area (Å²) in [5.74, 6) is 3.97. The number of nitrogens with zero attached hydrogens (tertiary/aromatic N) is 18. The SMILES string of the molecule is CC(=O)Nc1cc(C)nc(SCc2c(Cl)cncc2Cl)n1.CCc1cn(C)nc1CSc1nc(C)cc(C)n1.CCc1cncc(F)c1CSc1nc(C)cc(=O)[nH]1.CCc1ncccc1CSc1nc(C)cc(=O)[nH]1.Cc1cc(C)nc(SCc2cnccc2C(F)(F)F)n1.Cc1cc(N)cc(SCc2c(Cl)cncc2Cl)c1.Cc1ccnc(SCc2c(Cl)cncc2Cl)n1.Cl. The molecule has 0 aliphatic rings. The van der Waals surface area contributed by atoms with Crippen LogP contribution in [0.25, 0.3) is 0 Å². The lowest BCUT2D eigenvalue weighted by atomic mass is 10.1. The first-order valence-corrected chi connectivity index (χ1v) is 49.0. The van der Waals surface area contributed by atoms with E-state index in [1.807, 2.05) is 110 Å². The van der Waals surface area contributed by atoms with Crippen LogP contribution in [0.5, 0.6) is 0 Å². The number of alkyl halides is 3. The van der Waals surface area contributed by atoms with Crippen LogP contribution < -0.4 is 22.2 Å². The molecule has 14 aromatic rings. The van der Waals surface area contributed by atoms with E-state index in [0.717, 1.165) is 138 Å². The minimum absolute atomic E-state index is 0. The number of aryl methyl sites for hydroxylation is 13. The van der Waals surface area contributed by atoms with E-state index in [1.165, 1.54) is 101 Å². The summed E-state index contributed by atoms with van der Waals surface area (Å²) in [6, 6.07) is 21.2. The van der Waals surface area contributed by atoms with Gasteiger partial charge in [-0.15, -0.1) is 24.2 Å². The number of nitrogens with one attached hydrogen (secondary N) is 3. The number of halogens is 11. The number of pyridine rings is 6. The number of carbonyl (C=O) groups is 1. The first-order valence-electron chi connectivity index (χ1n) is 39.8. The number of carbonyl (C=O) groups excluding carboxylic acids is 1. The number of amides is 1. The van der Waals surface area contributed by atoms with E-state index in [2.05, 4.69) is 132 Å². The maximum Gasteiger partial charge on any atom is 0.416 e. The second kappa shape index (κ2) is 55.7.